The summed E-state index contributed by atoms with van der Waals surface area (Å²) in [6, 6.07) is 16.2. The maximum Gasteiger partial charge on any atom is 0.162 e. The first-order valence-electron chi connectivity index (χ1n) is 9.07. The van der Waals surface area contributed by atoms with Crippen molar-refractivity contribution in [1.29, 1.82) is 0 Å². The van der Waals surface area contributed by atoms with Crippen LogP contribution in [0.5, 0.6) is 11.5 Å². The van der Waals surface area contributed by atoms with Gasteiger partial charge >= 0.3 is 0 Å². The number of hydrogen-bond acceptors (Lipinski definition) is 6. The molecular weight excluding hydrogens is 411 g/mol. The van der Waals surface area contributed by atoms with Crippen LogP contribution in [0.15, 0.2) is 48.5 Å². The molecule has 29 heavy (non-hydrogen) atoms. The van der Waals surface area contributed by atoms with E-state index in [1.807, 2.05) is 24.3 Å². The third-order valence-corrected chi connectivity index (χ3v) is 5.06. The highest BCUT2D eigenvalue weighted by Crippen LogP contribution is 2.35. The van der Waals surface area contributed by atoms with E-state index in [0.717, 1.165) is 42.9 Å². The maximum absolute atomic E-state index is 6.32. The van der Waals surface area contributed by atoms with E-state index < -0.39 is 0 Å². The van der Waals surface area contributed by atoms with Gasteiger partial charge in [-0.25, -0.2) is 4.98 Å². The second-order valence-corrected chi connectivity index (χ2v) is 6.60. The predicted molar refractivity (Wildman–Crippen MR) is 125 cm³/mol. The van der Waals surface area contributed by atoms with E-state index >= 15 is 0 Å². The lowest BCUT2D eigenvalue weighted by molar-refractivity contribution is 0.356. The minimum atomic E-state index is 0. The van der Waals surface area contributed by atoms with E-state index in [-0.39, 0.29) is 24.8 Å². The predicted octanol–water partition coefficient (Wildman–Crippen LogP) is 4.00. The Hall–Kier alpha value is -2.57. The van der Waals surface area contributed by atoms with Crippen LogP contribution in [0.25, 0.3) is 10.9 Å². The summed E-state index contributed by atoms with van der Waals surface area (Å²) in [6.07, 6.45) is 0. The van der Waals surface area contributed by atoms with Gasteiger partial charge in [-0.2, -0.15) is 0 Å². The van der Waals surface area contributed by atoms with E-state index in [4.69, 9.17) is 20.2 Å². The van der Waals surface area contributed by atoms with Gasteiger partial charge in [-0.1, -0.05) is 18.2 Å². The van der Waals surface area contributed by atoms with Gasteiger partial charge in [0.25, 0.3) is 0 Å². The summed E-state index contributed by atoms with van der Waals surface area (Å²) in [7, 11) is 3.24. The Balaban J connectivity index is 0.00000150. The molecule has 4 rings (SSSR count). The zero-order chi connectivity index (χ0) is 18.8. The second-order valence-electron chi connectivity index (χ2n) is 6.60. The molecule has 0 amide bonds. The third-order valence-electron chi connectivity index (χ3n) is 5.06. The summed E-state index contributed by atoms with van der Waals surface area (Å²) in [5, 5.41) is 0.874. The molecule has 8 heteroatoms. The number of nitrogen functional groups attached to an aromatic ring is 1. The normalized spacial score (nSPS) is 13.4. The van der Waals surface area contributed by atoms with Gasteiger partial charge in [0.1, 0.15) is 5.82 Å². The van der Waals surface area contributed by atoms with Crippen LogP contribution < -0.4 is 25.0 Å². The van der Waals surface area contributed by atoms with Crippen LogP contribution in [-0.4, -0.2) is 45.4 Å². The molecule has 1 aromatic heterocycles. The lowest BCUT2D eigenvalue weighted by Crippen LogP contribution is -2.46. The van der Waals surface area contributed by atoms with Crippen molar-refractivity contribution in [1.82, 2.24) is 4.98 Å². The number of nitrogens with two attached hydrogens (primary N) is 1. The van der Waals surface area contributed by atoms with Gasteiger partial charge in [0.15, 0.2) is 11.5 Å². The highest BCUT2D eigenvalue weighted by Gasteiger charge is 2.20. The average molecular weight is 437 g/mol. The van der Waals surface area contributed by atoms with E-state index in [1.54, 1.807) is 14.2 Å². The van der Waals surface area contributed by atoms with E-state index in [1.165, 1.54) is 5.69 Å². The first kappa shape index (κ1) is 22.7. The first-order valence-corrected chi connectivity index (χ1v) is 9.07. The topological polar surface area (TPSA) is 63.9 Å². The smallest absolute Gasteiger partial charge is 0.162 e. The lowest BCUT2D eigenvalue weighted by atomic mass is 10.1. The average Bonchev–Trinajstić information content (AvgIpc) is 2.73. The molecule has 1 aliphatic heterocycles. The Morgan fingerprint density at radius 2 is 1.41 bits per heavy atom. The number of rotatable bonds is 4. The number of aromatic nitrogens is 1. The molecule has 6 nitrogen and oxygen atoms in total. The van der Waals surface area contributed by atoms with Crippen molar-refractivity contribution in [3.05, 3.63) is 48.5 Å². The Morgan fingerprint density at radius 3 is 2.03 bits per heavy atom. The fourth-order valence-electron chi connectivity index (χ4n) is 3.56. The molecule has 0 saturated carbocycles. The van der Waals surface area contributed by atoms with Crippen LogP contribution in [0, 0.1) is 0 Å². The largest absolute Gasteiger partial charge is 0.493 e. The number of benzene rings is 2. The fraction of sp³-hybridized carbons (Fsp3) is 0.286. The van der Waals surface area contributed by atoms with Gasteiger partial charge in [-0.3, -0.25) is 0 Å². The molecule has 2 heterocycles. The number of pyridine rings is 1. The molecule has 0 aliphatic carbocycles. The van der Waals surface area contributed by atoms with Gasteiger partial charge in [-0.15, -0.1) is 24.8 Å². The number of anilines is 3. The molecular formula is C21H26Cl2N4O2. The summed E-state index contributed by atoms with van der Waals surface area (Å²) < 4.78 is 10.8. The minimum Gasteiger partial charge on any atom is -0.493 e. The molecule has 0 spiro atoms. The molecule has 156 valence electrons. The molecule has 2 aromatic carbocycles. The number of hydrogen-bond donors (Lipinski definition) is 1. The van der Waals surface area contributed by atoms with Crippen LogP contribution in [0.1, 0.15) is 0 Å². The van der Waals surface area contributed by atoms with E-state index in [0.29, 0.717) is 17.2 Å². The van der Waals surface area contributed by atoms with Crippen LogP contribution in [0.4, 0.5) is 17.2 Å². The Kier molecular flexibility index (Phi) is 7.65. The van der Waals surface area contributed by atoms with Crippen LogP contribution >= 0.6 is 24.8 Å². The summed E-state index contributed by atoms with van der Waals surface area (Å²) in [4.78, 5) is 9.51. The van der Waals surface area contributed by atoms with Gasteiger partial charge in [0, 0.05) is 55.1 Å². The SMILES string of the molecule is COc1cc2nc(N3CCN(c4ccccc4)CC3)cc(N)c2cc1OC.Cl.Cl. The zero-order valence-corrected chi connectivity index (χ0v) is 18.1. The molecule has 1 aliphatic rings. The van der Waals surface area contributed by atoms with E-state index in [9.17, 15) is 0 Å². The maximum atomic E-state index is 6.32. The molecule has 0 atom stereocenters. The van der Waals surface area contributed by atoms with Gasteiger partial charge in [0.05, 0.1) is 19.7 Å². The Morgan fingerprint density at radius 1 is 0.828 bits per heavy atom. The van der Waals surface area contributed by atoms with Crippen LogP contribution in [0.2, 0.25) is 0 Å². The van der Waals surface area contributed by atoms with Crippen molar-refractivity contribution in [3.63, 3.8) is 0 Å². The number of para-hydroxylation sites is 1. The Labute approximate surface area is 183 Å². The van der Waals surface area contributed by atoms with Crippen molar-refractivity contribution >= 4 is 52.9 Å². The number of halogens is 2. The number of ether oxygens (including phenoxy) is 2. The van der Waals surface area contributed by atoms with Gasteiger partial charge in [0.2, 0.25) is 0 Å². The van der Waals surface area contributed by atoms with Crippen molar-refractivity contribution < 1.29 is 9.47 Å². The molecule has 3 aromatic rings. The molecule has 1 saturated heterocycles. The second kappa shape index (κ2) is 9.76. The Bertz CT molecular complexity index is 948. The van der Waals surface area contributed by atoms with Crippen molar-refractivity contribution in [2.45, 2.75) is 0 Å². The highest BCUT2D eigenvalue weighted by molar-refractivity contribution is 5.94. The van der Waals surface area contributed by atoms with Crippen LogP contribution in [-0.2, 0) is 0 Å². The van der Waals surface area contributed by atoms with Gasteiger partial charge in [-0.05, 0) is 18.2 Å². The number of methoxy groups -OCH3 is 2. The summed E-state index contributed by atoms with van der Waals surface area (Å²) >= 11 is 0. The summed E-state index contributed by atoms with van der Waals surface area (Å²) in [6.45, 7) is 3.71. The zero-order valence-electron chi connectivity index (χ0n) is 16.5. The van der Waals surface area contributed by atoms with Gasteiger partial charge < -0.3 is 25.0 Å². The monoisotopic (exact) mass is 436 g/mol. The number of fused-ring (bicyclic) bond motifs is 1. The quantitative estimate of drug-likeness (QED) is 0.666. The number of nitrogens with zero attached hydrogens (tertiary/aromatic N) is 3. The summed E-state index contributed by atoms with van der Waals surface area (Å²) in [5.41, 5.74) is 9.10. The fourth-order valence-corrected chi connectivity index (χ4v) is 3.56. The molecule has 0 radical (unpaired) electrons. The minimum absolute atomic E-state index is 0. The highest BCUT2D eigenvalue weighted by atomic mass is 35.5. The molecule has 1 fully saturated rings. The van der Waals surface area contributed by atoms with Crippen molar-refractivity contribution in [3.8, 4) is 11.5 Å². The third kappa shape index (κ3) is 4.54. The standard InChI is InChI=1S/C21H24N4O2.2ClH/c1-26-19-12-16-17(22)13-21(23-18(16)14-20(19)27-2)25-10-8-24(9-11-25)15-6-4-3-5-7-15;;/h3-7,12-14H,8-11H2,1-2H3,(H2,22,23);2*1H. The first-order chi connectivity index (χ1) is 13.2. The van der Waals surface area contributed by atoms with E-state index in [2.05, 4.69) is 34.1 Å². The van der Waals surface area contributed by atoms with Crippen LogP contribution in [0.3, 0.4) is 0 Å². The molecule has 0 unspecified atom stereocenters. The lowest BCUT2D eigenvalue weighted by Gasteiger charge is -2.37. The molecule has 2 N–H and O–H groups in total. The number of piperazine rings is 1. The van der Waals surface area contributed by atoms with Crippen molar-refractivity contribution in [2.75, 3.05) is 55.9 Å². The van der Waals surface area contributed by atoms with Crippen molar-refractivity contribution in [2.24, 2.45) is 0 Å². The summed E-state index contributed by atoms with van der Waals surface area (Å²) in [5.74, 6) is 2.21. The molecule has 0 bridgehead atoms.